The van der Waals surface area contributed by atoms with Crippen molar-refractivity contribution in [3.63, 3.8) is 0 Å². The van der Waals surface area contributed by atoms with Crippen LogP contribution in [0.25, 0.3) is 0 Å². The van der Waals surface area contributed by atoms with Gasteiger partial charge in [-0.1, -0.05) is 0 Å². The third-order valence-corrected chi connectivity index (χ3v) is 3.11. The molecule has 0 saturated carbocycles. The maximum absolute atomic E-state index is 5.41. The van der Waals surface area contributed by atoms with Crippen molar-refractivity contribution in [2.24, 2.45) is 0 Å². The fourth-order valence-corrected chi connectivity index (χ4v) is 2.26. The molecule has 2 atom stereocenters. The molecule has 0 aromatic carbocycles. The molecule has 1 saturated heterocycles. The summed E-state index contributed by atoms with van der Waals surface area (Å²) in [5, 5.41) is 6.95. The van der Waals surface area contributed by atoms with Gasteiger partial charge in [-0.2, -0.15) is 5.10 Å². The van der Waals surface area contributed by atoms with Crippen molar-refractivity contribution in [2.45, 2.75) is 25.1 Å². The van der Waals surface area contributed by atoms with E-state index in [0.29, 0.717) is 12.1 Å². The topological polar surface area (TPSA) is 50.4 Å². The first-order valence-corrected chi connectivity index (χ1v) is 5.57. The highest BCUT2D eigenvalue weighted by Crippen LogP contribution is 2.21. The van der Waals surface area contributed by atoms with E-state index in [2.05, 4.69) is 15.1 Å². The standard InChI is InChI=1S/C11H19N3O2/c1-15-8-10-5-11(16-2)7-14(10)6-9-3-4-12-13-9/h3-4,10-11H,5-8H2,1-2H3,(H,12,13)/t10-,11+/m0/s1. The predicted molar refractivity (Wildman–Crippen MR) is 60.1 cm³/mol. The average Bonchev–Trinajstić information content (AvgIpc) is 2.90. The van der Waals surface area contributed by atoms with Crippen LogP contribution in [0.1, 0.15) is 12.1 Å². The van der Waals surface area contributed by atoms with E-state index in [0.717, 1.165) is 31.8 Å². The summed E-state index contributed by atoms with van der Waals surface area (Å²) in [6.45, 7) is 2.60. The number of aromatic nitrogens is 2. The lowest BCUT2D eigenvalue weighted by atomic mass is 10.2. The summed E-state index contributed by atoms with van der Waals surface area (Å²) in [6, 6.07) is 2.45. The SMILES string of the molecule is COC[C@@H]1C[C@@H](OC)CN1Cc1ccn[nH]1. The van der Waals surface area contributed by atoms with Gasteiger partial charge in [0.2, 0.25) is 0 Å². The Kier molecular flexibility index (Phi) is 3.93. The van der Waals surface area contributed by atoms with Gasteiger partial charge in [0.15, 0.2) is 0 Å². The Balaban J connectivity index is 1.95. The van der Waals surface area contributed by atoms with Gasteiger partial charge in [-0.05, 0) is 12.5 Å². The van der Waals surface area contributed by atoms with Crippen LogP contribution in [0.5, 0.6) is 0 Å². The molecule has 1 aromatic rings. The predicted octanol–water partition coefficient (Wildman–Crippen LogP) is 0.645. The van der Waals surface area contributed by atoms with Gasteiger partial charge in [-0.15, -0.1) is 0 Å². The van der Waals surface area contributed by atoms with Gasteiger partial charge >= 0.3 is 0 Å². The van der Waals surface area contributed by atoms with Crippen LogP contribution in [0.4, 0.5) is 0 Å². The third-order valence-electron chi connectivity index (χ3n) is 3.11. The van der Waals surface area contributed by atoms with Crippen molar-refractivity contribution in [2.75, 3.05) is 27.4 Å². The summed E-state index contributed by atoms with van der Waals surface area (Å²) in [7, 11) is 3.52. The molecule has 0 amide bonds. The van der Waals surface area contributed by atoms with Crippen molar-refractivity contribution in [3.05, 3.63) is 18.0 Å². The van der Waals surface area contributed by atoms with Crippen molar-refractivity contribution in [3.8, 4) is 0 Å². The van der Waals surface area contributed by atoms with Crippen LogP contribution in [0.15, 0.2) is 12.3 Å². The smallest absolute Gasteiger partial charge is 0.0714 e. The summed E-state index contributed by atoms with van der Waals surface area (Å²) in [5.41, 5.74) is 1.14. The lowest BCUT2D eigenvalue weighted by Crippen LogP contribution is -2.32. The summed E-state index contributed by atoms with van der Waals surface area (Å²) in [6.07, 6.45) is 3.14. The zero-order valence-electron chi connectivity index (χ0n) is 9.85. The van der Waals surface area contributed by atoms with E-state index in [-0.39, 0.29) is 0 Å². The molecule has 2 rings (SSSR count). The molecule has 1 aromatic heterocycles. The van der Waals surface area contributed by atoms with Gasteiger partial charge in [0.1, 0.15) is 0 Å². The van der Waals surface area contributed by atoms with E-state index >= 15 is 0 Å². The highest BCUT2D eigenvalue weighted by Gasteiger charge is 2.32. The molecular weight excluding hydrogens is 206 g/mol. The van der Waals surface area contributed by atoms with Crippen LogP contribution >= 0.6 is 0 Å². The first kappa shape index (κ1) is 11.6. The van der Waals surface area contributed by atoms with Gasteiger partial charge < -0.3 is 9.47 Å². The molecule has 0 bridgehead atoms. The third kappa shape index (κ3) is 2.61. The van der Waals surface area contributed by atoms with E-state index < -0.39 is 0 Å². The largest absolute Gasteiger partial charge is 0.383 e. The molecule has 0 unspecified atom stereocenters. The van der Waals surface area contributed by atoms with E-state index in [1.54, 1.807) is 20.4 Å². The quantitative estimate of drug-likeness (QED) is 0.799. The first-order chi connectivity index (χ1) is 7.83. The Morgan fingerprint density at radius 3 is 3.06 bits per heavy atom. The minimum Gasteiger partial charge on any atom is -0.383 e. The monoisotopic (exact) mass is 225 g/mol. The molecule has 1 N–H and O–H groups in total. The molecule has 0 radical (unpaired) electrons. The summed E-state index contributed by atoms with van der Waals surface area (Å²) >= 11 is 0. The van der Waals surface area contributed by atoms with Crippen LogP contribution in [0.3, 0.4) is 0 Å². The zero-order valence-corrected chi connectivity index (χ0v) is 9.85. The molecule has 16 heavy (non-hydrogen) atoms. The number of hydrogen-bond acceptors (Lipinski definition) is 4. The number of H-pyrrole nitrogens is 1. The number of aromatic amines is 1. The highest BCUT2D eigenvalue weighted by atomic mass is 16.5. The Morgan fingerprint density at radius 2 is 2.44 bits per heavy atom. The lowest BCUT2D eigenvalue weighted by Gasteiger charge is -2.22. The number of rotatable bonds is 5. The van der Waals surface area contributed by atoms with Crippen LogP contribution in [0, 0.1) is 0 Å². The van der Waals surface area contributed by atoms with Crippen LogP contribution in [-0.2, 0) is 16.0 Å². The van der Waals surface area contributed by atoms with Crippen LogP contribution in [0.2, 0.25) is 0 Å². The molecular formula is C11H19N3O2. The van der Waals surface area contributed by atoms with E-state index in [1.165, 1.54) is 0 Å². The van der Waals surface area contributed by atoms with E-state index in [1.807, 2.05) is 6.07 Å². The second-order valence-electron chi connectivity index (χ2n) is 4.21. The van der Waals surface area contributed by atoms with E-state index in [9.17, 15) is 0 Å². The minimum absolute atomic E-state index is 0.322. The fraction of sp³-hybridized carbons (Fsp3) is 0.727. The number of likely N-dealkylation sites (tertiary alicyclic amines) is 1. The molecule has 5 nitrogen and oxygen atoms in total. The van der Waals surface area contributed by atoms with Gasteiger partial charge in [0, 0.05) is 45.2 Å². The number of nitrogens with one attached hydrogen (secondary N) is 1. The van der Waals surface area contributed by atoms with Crippen LogP contribution < -0.4 is 0 Å². The zero-order chi connectivity index (χ0) is 11.4. The van der Waals surface area contributed by atoms with Crippen molar-refractivity contribution < 1.29 is 9.47 Å². The minimum atomic E-state index is 0.322. The summed E-state index contributed by atoms with van der Waals surface area (Å²) < 4.78 is 10.7. The first-order valence-electron chi connectivity index (χ1n) is 5.57. The normalized spacial score (nSPS) is 26.4. The maximum atomic E-state index is 5.41. The molecule has 1 aliphatic rings. The maximum Gasteiger partial charge on any atom is 0.0714 e. The molecule has 1 fully saturated rings. The van der Waals surface area contributed by atoms with Gasteiger partial charge in [0.05, 0.1) is 12.7 Å². The Bertz CT molecular complexity index is 302. The number of nitrogens with zero attached hydrogens (tertiary/aromatic N) is 2. The molecule has 1 aliphatic heterocycles. The van der Waals surface area contributed by atoms with Gasteiger partial charge in [-0.25, -0.2) is 0 Å². The lowest BCUT2D eigenvalue weighted by molar-refractivity contribution is 0.105. The van der Waals surface area contributed by atoms with Crippen molar-refractivity contribution >= 4 is 0 Å². The fourth-order valence-electron chi connectivity index (χ4n) is 2.26. The average molecular weight is 225 g/mol. The molecule has 90 valence electrons. The summed E-state index contributed by atoms with van der Waals surface area (Å²) in [4.78, 5) is 2.38. The van der Waals surface area contributed by atoms with E-state index in [4.69, 9.17) is 9.47 Å². The molecule has 0 spiro atoms. The van der Waals surface area contributed by atoms with Crippen LogP contribution in [-0.4, -0.2) is 54.6 Å². The second-order valence-corrected chi connectivity index (χ2v) is 4.21. The number of ether oxygens (including phenoxy) is 2. The molecule has 2 heterocycles. The Morgan fingerprint density at radius 1 is 1.56 bits per heavy atom. The second kappa shape index (κ2) is 5.43. The number of methoxy groups -OCH3 is 2. The van der Waals surface area contributed by atoms with Gasteiger partial charge in [-0.3, -0.25) is 10.00 Å². The van der Waals surface area contributed by atoms with Crippen molar-refractivity contribution in [1.29, 1.82) is 0 Å². The van der Waals surface area contributed by atoms with Crippen molar-refractivity contribution in [1.82, 2.24) is 15.1 Å². The van der Waals surface area contributed by atoms with Gasteiger partial charge in [0.25, 0.3) is 0 Å². The Labute approximate surface area is 95.7 Å². The molecule has 5 heteroatoms. The Hall–Kier alpha value is -0.910. The number of hydrogen-bond donors (Lipinski definition) is 1. The highest BCUT2D eigenvalue weighted by molar-refractivity contribution is 4.99. The molecule has 0 aliphatic carbocycles. The summed E-state index contributed by atoms with van der Waals surface area (Å²) in [5.74, 6) is 0.